The van der Waals surface area contributed by atoms with E-state index in [2.05, 4.69) is 4.74 Å². The molecule has 82 valence electrons. The topological polar surface area (TPSA) is 26.3 Å². The lowest BCUT2D eigenvalue weighted by Gasteiger charge is -2.10. The maximum Gasteiger partial charge on any atom is 0.502 e. The largest absolute Gasteiger partial charge is 0.502 e. The molecule has 0 radical (unpaired) electrons. The van der Waals surface area contributed by atoms with Crippen molar-refractivity contribution >= 4 is 12.9 Å². The van der Waals surface area contributed by atoms with Gasteiger partial charge in [-0.15, -0.1) is 11.5 Å². The molecule has 0 N–H and O–H groups in total. The molecule has 0 aromatic carbocycles. The fourth-order valence-corrected chi connectivity index (χ4v) is 0.938. The highest BCUT2D eigenvalue weighted by Crippen LogP contribution is 2.15. The smallest absolute Gasteiger partial charge is 0.466 e. The monoisotopic (exact) mass is 209 g/mol. The highest BCUT2D eigenvalue weighted by molar-refractivity contribution is 6.64. The van der Waals surface area contributed by atoms with Gasteiger partial charge >= 0.3 is 12.9 Å². The van der Waals surface area contributed by atoms with E-state index in [0.717, 1.165) is 0 Å². The lowest BCUT2D eigenvalue weighted by molar-refractivity contribution is -0.143. The summed E-state index contributed by atoms with van der Waals surface area (Å²) in [6.07, 6.45) is 0.0996. The lowest BCUT2D eigenvalue weighted by atomic mass is 9.87. The van der Waals surface area contributed by atoms with Crippen LogP contribution in [-0.4, -0.2) is 19.6 Å². The predicted molar refractivity (Wildman–Crippen MR) is 48.7 cm³/mol. The van der Waals surface area contributed by atoms with Crippen molar-refractivity contribution in [3.05, 3.63) is 11.5 Å². The molecule has 0 bridgehead atoms. The maximum absolute atomic E-state index is 11.8. The Labute approximate surface area is 81.2 Å². The summed E-state index contributed by atoms with van der Waals surface area (Å²) in [4.78, 5) is 10.8. The zero-order valence-electron chi connectivity index (χ0n) is 8.23. The molecule has 2 nitrogen and oxygen atoms in total. The Balaban J connectivity index is 3.90. The van der Waals surface area contributed by atoms with Gasteiger partial charge in [-0.05, 0) is 20.3 Å². The molecule has 0 aromatic heterocycles. The van der Waals surface area contributed by atoms with E-state index < -0.39 is 12.9 Å². The van der Waals surface area contributed by atoms with Gasteiger partial charge in [0.25, 0.3) is 0 Å². The first-order valence-electron chi connectivity index (χ1n) is 4.39. The Morgan fingerprint density at radius 1 is 1.36 bits per heavy atom. The molecule has 0 saturated heterocycles. The molecule has 14 heavy (non-hydrogen) atoms. The summed E-state index contributed by atoms with van der Waals surface area (Å²) in [5, 5.41) is 0. The fraction of sp³-hybridized carbons (Fsp3) is 0.625. The summed E-state index contributed by atoms with van der Waals surface area (Å²) >= 11 is 0. The summed E-state index contributed by atoms with van der Waals surface area (Å²) in [6, 6.07) is 0. The minimum atomic E-state index is -4.90. The van der Waals surface area contributed by atoms with Crippen molar-refractivity contribution in [2.75, 3.05) is 6.61 Å². The molecule has 0 aliphatic carbocycles. The molecule has 0 rings (SSSR count). The van der Waals surface area contributed by atoms with Gasteiger partial charge in [-0.25, -0.2) is 0 Å². The van der Waals surface area contributed by atoms with Crippen molar-refractivity contribution in [1.82, 2.24) is 0 Å². The Hall–Kier alpha value is -0.935. The zero-order valence-corrected chi connectivity index (χ0v) is 8.23. The third-order valence-electron chi connectivity index (χ3n) is 1.50. The van der Waals surface area contributed by atoms with E-state index in [1.165, 1.54) is 6.92 Å². The number of hydrogen-bond acceptors (Lipinski definition) is 2. The lowest BCUT2D eigenvalue weighted by Crippen LogP contribution is -2.11. The summed E-state index contributed by atoms with van der Waals surface area (Å²) < 4.78 is 40.1. The standard InChI is InChI=1S/C8H13BF3O2/c1-3-14-8(13)5-4-7(2)6-9(10,11)12/h6H,3-5H2,1-2H3/q-1/b7-6+. The van der Waals surface area contributed by atoms with Crippen molar-refractivity contribution in [3.8, 4) is 0 Å². The molecule has 0 unspecified atom stereocenters. The Morgan fingerprint density at radius 2 is 1.93 bits per heavy atom. The third kappa shape index (κ3) is 7.70. The molecule has 0 aliphatic rings. The minimum absolute atomic E-state index is 0.00231. The molecule has 0 atom stereocenters. The quantitative estimate of drug-likeness (QED) is 0.513. The zero-order chi connectivity index (χ0) is 11.2. The number of rotatable bonds is 5. The Morgan fingerprint density at radius 3 is 2.36 bits per heavy atom. The molecular weight excluding hydrogens is 196 g/mol. The average Bonchev–Trinajstić information content (AvgIpc) is 1.98. The van der Waals surface area contributed by atoms with Crippen LogP contribution in [-0.2, 0) is 9.53 Å². The molecule has 0 fully saturated rings. The van der Waals surface area contributed by atoms with Crippen molar-refractivity contribution < 1.29 is 22.5 Å². The second-order valence-electron chi connectivity index (χ2n) is 2.94. The van der Waals surface area contributed by atoms with Crippen molar-refractivity contribution in [1.29, 1.82) is 0 Å². The summed E-state index contributed by atoms with van der Waals surface area (Å²) in [7, 11) is 0. The van der Waals surface area contributed by atoms with Gasteiger partial charge in [0.15, 0.2) is 0 Å². The van der Waals surface area contributed by atoms with Gasteiger partial charge in [-0.2, -0.15) is 0 Å². The van der Waals surface area contributed by atoms with E-state index in [-0.39, 0.29) is 31.0 Å². The van der Waals surface area contributed by atoms with Crippen molar-refractivity contribution in [2.45, 2.75) is 26.7 Å². The molecule has 0 saturated carbocycles. The molecule has 0 aromatic rings. The molecular formula is C8H13BF3O2-. The van der Waals surface area contributed by atoms with E-state index in [9.17, 15) is 17.7 Å². The van der Waals surface area contributed by atoms with Gasteiger partial charge in [-0.3, -0.25) is 4.79 Å². The SMILES string of the molecule is CCOC(=O)CC/C(C)=C/[B-](F)(F)F. The number of carbonyl (C=O) groups is 1. The van der Waals surface area contributed by atoms with Crippen LogP contribution in [0.1, 0.15) is 26.7 Å². The van der Waals surface area contributed by atoms with Gasteiger partial charge in [0.2, 0.25) is 0 Å². The highest BCUT2D eigenvalue weighted by atomic mass is 19.4. The number of hydrogen-bond donors (Lipinski definition) is 0. The summed E-state index contributed by atoms with van der Waals surface area (Å²) in [5.41, 5.74) is 0.158. The number of halogens is 3. The molecule has 0 spiro atoms. The number of carbonyl (C=O) groups excluding carboxylic acids is 1. The van der Waals surface area contributed by atoms with Gasteiger partial charge < -0.3 is 17.7 Å². The van der Waals surface area contributed by atoms with Gasteiger partial charge in [0, 0.05) is 6.42 Å². The van der Waals surface area contributed by atoms with E-state index in [1.54, 1.807) is 6.92 Å². The van der Waals surface area contributed by atoms with Crippen LogP contribution in [0.2, 0.25) is 0 Å². The number of esters is 1. The Bertz CT molecular complexity index is 223. The van der Waals surface area contributed by atoms with E-state index >= 15 is 0 Å². The number of ether oxygens (including phenoxy) is 1. The normalized spacial score (nSPS) is 12.8. The van der Waals surface area contributed by atoms with Crippen LogP contribution in [0, 0.1) is 0 Å². The van der Waals surface area contributed by atoms with Crippen LogP contribution in [0.3, 0.4) is 0 Å². The van der Waals surface area contributed by atoms with E-state index in [1.807, 2.05) is 0 Å². The average molecular weight is 209 g/mol. The summed E-state index contributed by atoms with van der Waals surface area (Å²) in [5.74, 6) is -0.200. The first kappa shape index (κ1) is 13.1. The summed E-state index contributed by atoms with van der Waals surface area (Å²) in [6.45, 7) is -1.64. The molecule has 0 heterocycles. The van der Waals surface area contributed by atoms with Gasteiger partial charge in [-0.1, -0.05) is 0 Å². The van der Waals surface area contributed by atoms with Crippen LogP contribution in [0.4, 0.5) is 12.9 Å². The molecule has 6 heteroatoms. The second kappa shape index (κ2) is 5.72. The minimum Gasteiger partial charge on any atom is -0.466 e. The van der Waals surface area contributed by atoms with Crippen molar-refractivity contribution in [3.63, 3.8) is 0 Å². The van der Waals surface area contributed by atoms with Crippen molar-refractivity contribution in [2.24, 2.45) is 0 Å². The van der Waals surface area contributed by atoms with Crippen LogP contribution >= 0.6 is 0 Å². The van der Waals surface area contributed by atoms with Gasteiger partial charge in [0.05, 0.1) is 6.61 Å². The van der Waals surface area contributed by atoms with Gasteiger partial charge in [0.1, 0.15) is 0 Å². The fourth-order valence-electron chi connectivity index (χ4n) is 0.938. The third-order valence-corrected chi connectivity index (χ3v) is 1.50. The maximum atomic E-state index is 11.8. The first-order valence-corrected chi connectivity index (χ1v) is 4.39. The Kier molecular flexibility index (Phi) is 5.34. The van der Waals surface area contributed by atoms with Crippen LogP contribution < -0.4 is 0 Å². The van der Waals surface area contributed by atoms with E-state index in [4.69, 9.17) is 0 Å². The molecule has 0 aliphatic heterocycles. The van der Waals surface area contributed by atoms with E-state index in [0.29, 0.717) is 0 Å². The predicted octanol–water partition coefficient (Wildman–Crippen LogP) is 2.66. The second-order valence-corrected chi connectivity index (χ2v) is 2.94. The first-order chi connectivity index (χ1) is 6.35. The number of allylic oxidation sites excluding steroid dienone is 1. The van der Waals surface area contributed by atoms with Crippen LogP contribution in [0.25, 0.3) is 0 Å². The molecule has 0 amide bonds. The highest BCUT2D eigenvalue weighted by Gasteiger charge is 2.18. The van der Waals surface area contributed by atoms with Crippen LogP contribution in [0.15, 0.2) is 11.5 Å². The van der Waals surface area contributed by atoms with Crippen LogP contribution in [0.5, 0.6) is 0 Å².